The lowest BCUT2D eigenvalue weighted by molar-refractivity contribution is -0.141. The van der Waals surface area contributed by atoms with Crippen molar-refractivity contribution in [3.05, 3.63) is 12.2 Å². The maximum absolute atomic E-state index is 8.81. The summed E-state index contributed by atoms with van der Waals surface area (Å²) in [4.78, 5) is 0. The number of aliphatic hydroxyl groups excluding tert-OH is 1. The summed E-state index contributed by atoms with van der Waals surface area (Å²) in [6.45, 7) is 6.26. The zero-order valence-corrected chi connectivity index (χ0v) is 15.6. The number of hydrogen-bond donors (Lipinski definition) is 1. The summed E-state index contributed by atoms with van der Waals surface area (Å²) >= 11 is 0. The Balaban J connectivity index is 3.79. The Bertz CT molecular complexity index is 225. The summed E-state index contributed by atoms with van der Waals surface area (Å²) < 4.78 is 11.8. The largest absolute Gasteiger partial charge is 0.396 e. The van der Waals surface area contributed by atoms with Gasteiger partial charge in [0.15, 0.2) is 6.29 Å². The first-order valence-electron chi connectivity index (χ1n) is 9.84. The van der Waals surface area contributed by atoms with Gasteiger partial charge in [0.2, 0.25) is 0 Å². The van der Waals surface area contributed by atoms with Crippen LogP contribution in [0.1, 0.15) is 90.9 Å². The highest BCUT2D eigenvalue weighted by molar-refractivity contribution is 4.82. The molecule has 0 radical (unpaired) electrons. The number of unbranched alkanes of at least 4 members (excludes halogenated alkanes) is 8. The van der Waals surface area contributed by atoms with Crippen LogP contribution in [0.2, 0.25) is 0 Å². The van der Waals surface area contributed by atoms with Crippen molar-refractivity contribution in [1.29, 1.82) is 0 Å². The van der Waals surface area contributed by atoms with Crippen LogP contribution in [0.25, 0.3) is 0 Å². The molecule has 0 saturated carbocycles. The van der Waals surface area contributed by atoms with Gasteiger partial charge in [0, 0.05) is 26.2 Å². The van der Waals surface area contributed by atoms with Gasteiger partial charge in [-0.2, -0.15) is 0 Å². The summed E-state index contributed by atoms with van der Waals surface area (Å²) in [5, 5.41) is 8.81. The van der Waals surface area contributed by atoms with E-state index in [0.29, 0.717) is 6.42 Å². The second-order valence-electron chi connectivity index (χ2n) is 6.22. The van der Waals surface area contributed by atoms with Crippen LogP contribution in [0.15, 0.2) is 12.2 Å². The molecule has 0 aromatic carbocycles. The van der Waals surface area contributed by atoms with Crippen molar-refractivity contribution in [2.75, 3.05) is 19.8 Å². The molecule has 0 fully saturated rings. The van der Waals surface area contributed by atoms with Gasteiger partial charge in [0.25, 0.3) is 0 Å². The molecule has 1 N–H and O–H groups in total. The molecule has 0 aliphatic carbocycles. The van der Waals surface area contributed by atoms with Crippen LogP contribution >= 0.6 is 0 Å². The average molecular weight is 329 g/mol. The molecule has 3 nitrogen and oxygen atoms in total. The lowest BCUT2D eigenvalue weighted by Crippen LogP contribution is -2.18. The van der Waals surface area contributed by atoms with Crippen molar-refractivity contribution in [1.82, 2.24) is 0 Å². The van der Waals surface area contributed by atoms with E-state index in [-0.39, 0.29) is 12.9 Å². The van der Waals surface area contributed by atoms with Gasteiger partial charge in [0.1, 0.15) is 0 Å². The molecule has 138 valence electrons. The van der Waals surface area contributed by atoms with E-state index in [4.69, 9.17) is 14.6 Å². The monoisotopic (exact) mass is 328 g/mol. The van der Waals surface area contributed by atoms with E-state index in [1.165, 1.54) is 51.4 Å². The van der Waals surface area contributed by atoms with Crippen LogP contribution in [0, 0.1) is 0 Å². The van der Waals surface area contributed by atoms with Crippen LogP contribution in [-0.4, -0.2) is 31.2 Å². The normalized spacial score (nSPS) is 11.8. The third-order valence-electron chi connectivity index (χ3n) is 3.89. The molecule has 23 heavy (non-hydrogen) atoms. The van der Waals surface area contributed by atoms with Gasteiger partial charge >= 0.3 is 0 Å². The Morgan fingerprint density at radius 3 is 1.74 bits per heavy atom. The van der Waals surface area contributed by atoms with E-state index in [9.17, 15) is 0 Å². The molecule has 0 amide bonds. The maximum Gasteiger partial charge on any atom is 0.160 e. The summed E-state index contributed by atoms with van der Waals surface area (Å²) in [7, 11) is 0. The third-order valence-corrected chi connectivity index (χ3v) is 3.89. The highest BCUT2D eigenvalue weighted by Crippen LogP contribution is 2.09. The van der Waals surface area contributed by atoms with Crippen LogP contribution < -0.4 is 0 Å². The molecule has 0 heterocycles. The highest BCUT2D eigenvalue weighted by Gasteiger charge is 2.07. The standard InChI is InChI=1S/C20H40O3/c1-3-5-7-9-14-18-22-20(16-12-11-13-17-21)23-19-15-10-8-6-4-2/h11-12,20-21H,3-10,13-19H2,1-2H3/b12-11+. The van der Waals surface area contributed by atoms with Crippen LogP contribution in [0.3, 0.4) is 0 Å². The van der Waals surface area contributed by atoms with E-state index in [1.54, 1.807) is 0 Å². The first kappa shape index (κ1) is 22.6. The summed E-state index contributed by atoms with van der Waals surface area (Å²) in [6, 6.07) is 0. The van der Waals surface area contributed by atoms with Gasteiger partial charge in [0.05, 0.1) is 0 Å². The minimum atomic E-state index is -0.123. The van der Waals surface area contributed by atoms with Gasteiger partial charge in [-0.3, -0.25) is 0 Å². The second kappa shape index (κ2) is 19.7. The Morgan fingerprint density at radius 2 is 1.26 bits per heavy atom. The zero-order chi connectivity index (χ0) is 17.0. The van der Waals surface area contributed by atoms with Crippen molar-refractivity contribution in [3.8, 4) is 0 Å². The maximum atomic E-state index is 8.81. The van der Waals surface area contributed by atoms with Crippen LogP contribution in [0.4, 0.5) is 0 Å². The molecule has 3 heteroatoms. The summed E-state index contributed by atoms with van der Waals surface area (Å²) in [6.07, 6.45) is 18.0. The average Bonchev–Trinajstić information content (AvgIpc) is 2.57. The van der Waals surface area contributed by atoms with Crippen molar-refractivity contribution in [3.63, 3.8) is 0 Å². The predicted molar refractivity (Wildman–Crippen MR) is 98.7 cm³/mol. The quantitative estimate of drug-likeness (QED) is 0.202. The molecule has 0 saturated heterocycles. The minimum absolute atomic E-state index is 0.123. The molecule has 0 aliphatic rings. The van der Waals surface area contributed by atoms with Crippen molar-refractivity contribution < 1.29 is 14.6 Å². The Kier molecular flexibility index (Phi) is 19.3. The van der Waals surface area contributed by atoms with E-state index in [1.807, 2.05) is 6.08 Å². The first-order valence-corrected chi connectivity index (χ1v) is 9.84. The minimum Gasteiger partial charge on any atom is -0.396 e. The number of rotatable bonds is 18. The van der Waals surface area contributed by atoms with Crippen molar-refractivity contribution in [2.24, 2.45) is 0 Å². The fourth-order valence-corrected chi connectivity index (χ4v) is 2.42. The number of aliphatic hydroxyl groups is 1. The molecular weight excluding hydrogens is 288 g/mol. The van der Waals surface area contributed by atoms with E-state index >= 15 is 0 Å². The molecule has 0 aromatic heterocycles. The predicted octanol–water partition coefficient (Wildman–Crippen LogP) is 5.62. The Labute approximate surface area is 144 Å². The number of ether oxygens (including phenoxy) is 2. The smallest absolute Gasteiger partial charge is 0.160 e. The first-order chi connectivity index (χ1) is 11.3. The van der Waals surface area contributed by atoms with Gasteiger partial charge in [-0.05, 0) is 19.3 Å². The highest BCUT2D eigenvalue weighted by atomic mass is 16.7. The lowest BCUT2D eigenvalue weighted by Gasteiger charge is -2.17. The topological polar surface area (TPSA) is 38.7 Å². The third kappa shape index (κ3) is 17.8. The molecule has 0 aliphatic heterocycles. The lowest BCUT2D eigenvalue weighted by atomic mass is 10.2. The summed E-state index contributed by atoms with van der Waals surface area (Å²) in [5.41, 5.74) is 0. The Hall–Kier alpha value is -0.380. The van der Waals surface area contributed by atoms with Gasteiger partial charge in [-0.1, -0.05) is 77.4 Å². The molecular formula is C20H40O3. The fraction of sp³-hybridized carbons (Fsp3) is 0.900. The number of hydrogen-bond acceptors (Lipinski definition) is 3. The van der Waals surface area contributed by atoms with Crippen LogP contribution in [0.5, 0.6) is 0 Å². The van der Waals surface area contributed by atoms with Gasteiger partial charge in [-0.25, -0.2) is 0 Å². The SMILES string of the molecule is CCCCCCCOC(C/C=C/CCO)OCCCCCCC. The summed E-state index contributed by atoms with van der Waals surface area (Å²) in [5.74, 6) is 0. The van der Waals surface area contributed by atoms with Crippen molar-refractivity contribution in [2.45, 2.75) is 97.2 Å². The molecule has 0 spiro atoms. The zero-order valence-electron chi connectivity index (χ0n) is 15.6. The van der Waals surface area contributed by atoms with Crippen molar-refractivity contribution >= 4 is 0 Å². The molecule has 0 atom stereocenters. The van der Waals surface area contributed by atoms with Gasteiger partial charge in [-0.15, -0.1) is 0 Å². The second-order valence-corrected chi connectivity index (χ2v) is 6.22. The molecule has 0 bridgehead atoms. The molecule has 0 rings (SSSR count). The van der Waals surface area contributed by atoms with Crippen LogP contribution in [-0.2, 0) is 9.47 Å². The molecule has 0 unspecified atom stereocenters. The van der Waals surface area contributed by atoms with E-state index in [0.717, 1.165) is 32.5 Å². The fourth-order valence-electron chi connectivity index (χ4n) is 2.42. The molecule has 0 aromatic rings. The van der Waals surface area contributed by atoms with E-state index < -0.39 is 0 Å². The Morgan fingerprint density at radius 1 is 0.739 bits per heavy atom. The van der Waals surface area contributed by atoms with Gasteiger partial charge < -0.3 is 14.6 Å². The van der Waals surface area contributed by atoms with E-state index in [2.05, 4.69) is 19.9 Å².